The van der Waals surface area contributed by atoms with Gasteiger partial charge in [-0.2, -0.15) is 0 Å². The lowest BCUT2D eigenvalue weighted by atomic mass is 10.3. The Kier molecular flexibility index (Phi) is 2.29. The minimum Gasteiger partial charge on any atom is -0.465 e. The Labute approximate surface area is 60.1 Å². The molecule has 1 rings (SSSR count). The predicted molar refractivity (Wildman–Crippen MR) is 37.6 cm³/mol. The Morgan fingerprint density at radius 1 is 1.70 bits per heavy atom. The third kappa shape index (κ3) is 2.07. The van der Waals surface area contributed by atoms with Crippen LogP contribution >= 0.6 is 0 Å². The summed E-state index contributed by atoms with van der Waals surface area (Å²) in [7, 11) is 0. The fourth-order valence-corrected chi connectivity index (χ4v) is 0.647. The van der Waals surface area contributed by atoms with Crippen molar-refractivity contribution >= 4 is 0 Å². The molecule has 2 nitrogen and oxygen atoms in total. The summed E-state index contributed by atoms with van der Waals surface area (Å²) in [6, 6.07) is 9.85. The second-order valence-corrected chi connectivity index (χ2v) is 1.96. The van der Waals surface area contributed by atoms with Crippen molar-refractivity contribution in [2.75, 3.05) is 0 Å². The summed E-state index contributed by atoms with van der Waals surface area (Å²) in [5.74, 6) is 0.637. The van der Waals surface area contributed by atoms with Crippen LogP contribution in [0.5, 0.6) is 5.75 Å². The van der Waals surface area contributed by atoms with Crippen molar-refractivity contribution in [3.63, 3.8) is 0 Å². The number of benzene rings is 1. The van der Waals surface area contributed by atoms with E-state index in [0.29, 0.717) is 5.75 Å². The second-order valence-electron chi connectivity index (χ2n) is 1.96. The fourth-order valence-electron chi connectivity index (χ4n) is 0.647. The van der Waals surface area contributed by atoms with Crippen LogP contribution in [0.25, 0.3) is 0 Å². The molecule has 0 saturated carbocycles. The van der Waals surface area contributed by atoms with Gasteiger partial charge in [-0.25, -0.2) is 0 Å². The molecule has 0 spiro atoms. The molecule has 1 aromatic rings. The first-order valence-electron chi connectivity index (χ1n) is 3.10. The molecule has 53 valence electrons. The largest absolute Gasteiger partial charge is 0.465 e. The molecule has 0 bridgehead atoms. The molecule has 0 amide bonds. The number of aliphatic hydroxyl groups is 1. The molecule has 10 heavy (non-hydrogen) atoms. The Morgan fingerprint density at radius 2 is 2.50 bits per heavy atom. The minimum absolute atomic E-state index is 0.637. The van der Waals surface area contributed by atoms with E-state index < -0.39 is 6.29 Å². The summed E-state index contributed by atoms with van der Waals surface area (Å²) in [6.45, 7) is 1.56. The average Bonchev–Trinajstić information content (AvgIpc) is 1.88. The highest BCUT2D eigenvalue weighted by Crippen LogP contribution is 2.08. The van der Waals surface area contributed by atoms with E-state index >= 15 is 0 Å². The Morgan fingerprint density at radius 3 is 3.00 bits per heavy atom. The molecule has 1 atom stereocenters. The number of rotatable bonds is 2. The van der Waals surface area contributed by atoms with Gasteiger partial charge in [0.05, 0.1) is 0 Å². The highest BCUT2D eigenvalue weighted by atomic mass is 16.6. The molecular weight excluding hydrogens is 128 g/mol. The molecule has 0 aliphatic heterocycles. The molecule has 0 heterocycles. The molecular formula is C8H9O2. The summed E-state index contributed by atoms with van der Waals surface area (Å²) in [6.07, 6.45) is -0.754. The highest BCUT2D eigenvalue weighted by Gasteiger charge is 1.94. The van der Waals surface area contributed by atoms with Crippen molar-refractivity contribution in [1.29, 1.82) is 0 Å². The predicted octanol–water partition coefficient (Wildman–Crippen LogP) is 1.20. The molecule has 0 aliphatic carbocycles. The van der Waals surface area contributed by atoms with Gasteiger partial charge in [0.2, 0.25) is 0 Å². The second kappa shape index (κ2) is 3.22. The zero-order valence-corrected chi connectivity index (χ0v) is 5.74. The molecule has 0 saturated heterocycles. The standard InChI is InChI=1S/C8H9O2/c1-7(9)10-8-5-3-2-4-6-8/h2-3,5-7,9H,1H3. The topological polar surface area (TPSA) is 29.5 Å². The zero-order chi connectivity index (χ0) is 7.40. The van der Waals surface area contributed by atoms with Gasteiger partial charge in [-0.1, -0.05) is 12.1 Å². The molecule has 1 unspecified atom stereocenters. The van der Waals surface area contributed by atoms with Crippen LogP contribution in [0.3, 0.4) is 0 Å². The monoisotopic (exact) mass is 137 g/mol. The van der Waals surface area contributed by atoms with Crippen LogP contribution < -0.4 is 4.74 Å². The van der Waals surface area contributed by atoms with Gasteiger partial charge in [0.15, 0.2) is 6.29 Å². The van der Waals surface area contributed by atoms with E-state index in [4.69, 9.17) is 9.84 Å². The van der Waals surface area contributed by atoms with Crippen LogP contribution in [0.4, 0.5) is 0 Å². The Balaban J connectivity index is 2.59. The maximum absolute atomic E-state index is 8.77. The van der Waals surface area contributed by atoms with Crippen molar-refractivity contribution in [2.45, 2.75) is 13.2 Å². The smallest absolute Gasteiger partial charge is 0.194 e. The normalized spacial score (nSPS) is 12.6. The molecule has 1 N–H and O–H groups in total. The first kappa shape index (κ1) is 7.09. The maximum atomic E-state index is 8.77. The van der Waals surface area contributed by atoms with Crippen molar-refractivity contribution in [3.8, 4) is 5.75 Å². The number of hydrogen-bond donors (Lipinski definition) is 1. The first-order valence-corrected chi connectivity index (χ1v) is 3.10. The number of hydrogen-bond acceptors (Lipinski definition) is 2. The lowest BCUT2D eigenvalue weighted by Crippen LogP contribution is -2.09. The van der Waals surface area contributed by atoms with E-state index in [1.165, 1.54) is 0 Å². The van der Waals surface area contributed by atoms with Gasteiger partial charge in [-0.3, -0.25) is 0 Å². The van der Waals surface area contributed by atoms with Gasteiger partial charge in [-0.15, -0.1) is 0 Å². The maximum Gasteiger partial charge on any atom is 0.194 e. The van der Waals surface area contributed by atoms with Gasteiger partial charge in [0, 0.05) is 0 Å². The Bertz CT molecular complexity index is 182. The van der Waals surface area contributed by atoms with E-state index in [-0.39, 0.29) is 0 Å². The van der Waals surface area contributed by atoms with E-state index in [2.05, 4.69) is 6.07 Å². The number of ether oxygens (including phenoxy) is 1. The zero-order valence-electron chi connectivity index (χ0n) is 5.74. The summed E-state index contributed by atoms with van der Waals surface area (Å²) < 4.78 is 4.94. The fraction of sp³-hybridized carbons (Fsp3) is 0.250. The van der Waals surface area contributed by atoms with Crippen molar-refractivity contribution in [2.24, 2.45) is 0 Å². The Hall–Kier alpha value is -1.02. The summed E-state index contributed by atoms with van der Waals surface area (Å²) in [5, 5.41) is 8.77. The van der Waals surface area contributed by atoms with Crippen molar-refractivity contribution in [1.82, 2.24) is 0 Å². The van der Waals surface area contributed by atoms with Crippen LogP contribution in [-0.2, 0) is 0 Å². The molecule has 0 aliphatic rings. The van der Waals surface area contributed by atoms with Gasteiger partial charge in [-0.05, 0) is 25.1 Å². The summed E-state index contributed by atoms with van der Waals surface area (Å²) in [4.78, 5) is 0. The minimum atomic E-state index is -0.754. The van der Waals surface area contributed by atoms with Crippen LogP contribution in [0, 0.1) is 6.07 Å². The van der Waals surface area contributed by atoms with Crippen LogP contribution in [-0.4, -0.2) is 11.4 Å². The third-order valence-electron chi connectivity index (χ3n) is 0.985. The van der Waals surface area contributed by atoms with Crippen molar-refractivity contribution < 1.29 is 9.84 Å². The first-order chi connectivity index (χ1) is 4.79. The third-order valence-corrected chi connectivity index (χ3v) is 0.985. The van der Waals surface area contributed by atoms with Gasteiger partial charge < -0.3 is 9.84 Å². The van der Waals surface area contributed by atoms with Crippen LogP contribution in [0.1, 0.15) is 6.92 Å². The molecule has 1 aromatic carbocycles. The van der Waals surface area contributed by atoms with Gasteiger partial charge in [0.25, 0.3) is 0 Å². The lowest BCUT2D eigenvalue weighted by Gasteiger charge is -2.06. The molecule has 0 aromatic heterocycles. The van der Waals surface area contributed by atoms with Crippen molar-refractivity contribution in [3.05, 3.63) is 30.3 Å². The van der Waals surface area contributed by atoms with Gasteiger partial charge in [0.1, 0.15) is 5.75 Å². The summed E-state index contributed by atoms with van der Waals surface area (Å²) in [5.41, 5.74) is 0. The van der Waals surface area contributed by atoms with Crippen LogP contribution in [0.2, 0.25) is 0 Å². The van der Waals surface area contributed by atoms with E-state index in [1.807, 2.05) is 0 Å². The van der Waals surface area contributed by atoms with E-state index in [0.717, 1.165) is 0 Å². The van der Waals surface area contributed by atoms with Gasteiger partial charge >= 0.3 is 0 Å². The molecule has 1 radical (unpaired) electrons. The molecule has 0 fully saturated rings. The molecule has 2 heteroatoms. The average molecular weight is 137 g/mol. The number of aliphatic hydroxyl groups excluding tert-OH is 1. The van der Waals surface area contributed by atoms with E-state index in [1.54, 1.807) is 31.2 Å². The highest BCUT2D eigenvalue weighted by molar-refractivity contribution is 5.19. The van der Waals surface area contributed by atoms with Crippen LogP contribution in [0.15, 0.2) is 24.3 Å². The quantitative estimate of drug-likeness (QED) is 0.621. The lowest BCUT2D eigenvalue weighted by molar-refractivity contribution is -0.000302. The summed E-state index contributed by atoms with van der Waals surface area (Å²) >= 11 is 0. The SMILES string of the molecule is CC(O)Oc1c[c]ccc1. The van der Waals surface area contributed by atoms with E-state index in [9.17, 15) is 0 Å².